The minimum absolute atomic E-state index is 0.138. The summed E-state index contributed by atoms with van der Waals surface area (Å²) in [6, 6.07) is 6.28. The van der Waals surface area contributed by atoms with Gasteiger partial charge in [0.1, 0.15) is 5.75 Å². The first-order valence-corrected chi connectivity index (χ1v) is 9.89. The maximum atomic E-state index is 12.3. The third-order valence-corrected chi connectivity index (χ3v) is 6.41. The van der Waals surface area contributed by atoms with Crippen molar-refractivity contribution in [1.29, 1.82) is 0 Å². The SMILES string of the molecule is FC(F)(F)Oc1cccc([CH]CC2C3CN(CC4CCCCC4)CC23)c1. The topological polar surface area (TPSA) is 12.5 Å². The highest BCUT2D eigenvalue weighted by Crippen LogP contribution is 2.54. The predicted molar refractivity (Wildman–Crippen MR) is 94.6 cm³/mol. The number of ether oxygens (including phenoxy) is 1. The summed E-state index contributed by atoms with van der Waals surface area (Å²) in [4.78, 5) is 2.65. The van der Waals surface area contributed by atoms with Gasteiger partial charge in [-0.2, -0.15) is 0 Å². The van der Waals surface area contributed by atoms with Crippen molar-refractivity contribution in [3.05, 3.63) is 36.2 Å². The van der Waals surface area contributed by atoms with Gasteiger partial charge < -0.3 is 9.64 Å². The highest BCUT2D eigenvalue weighted by atomic mass is 19.4. The van der Waals surface area contributed by atoms with Crippen molar-refractivity contribution in [3.8, 4) is 5.75 Å². The van der Waals surface area contributed by atoms with Crippen molar-refractivity contribution in [1.82, 2.24) is 4.90 Å². The summed E-state index contributed by atoms with van der Waals surface area (Å²) >= 11 is 0. The monoisotopic (exact) mass is 366 g/mol. The molecule has 0 aromatic heterocycles. The van der Waals surface area contributed by atoms with Crippen LogP contribution in [0.25, 0.3) is 0 Å². The number of alkyl halides is 3. The molecule has 1 aromatic rings. The Kier molecular flexibility index (Phi) is 5.18. The number of nitrogens with zero attached hydrogens (tertiary/aromatic N) is 1. The molecule has 2 unspecified atom stereocenters. The lowest BCUT2D eigenvalue weighted by atomic mass is 9.89. The summed E-state index contributed by atoms with van der Waals surface area (Å²) in [6.45, 7) is 3.72. The Labute approximate surface area is 153 Å². The second-order valence-electron chi connectivity index (χ2n) is 8.27. The second-order valence-corrected chi connectivity index (χ2v) is 8.27. The third kappa shape index (κ3) is 4.54. The van der Waals surface area contributed by atoms with Gasteiger partial charge in [0.2, 0.25) is 0 Å². The lowest BCUT2D eigenvalue weighted by Crippen LogP contribution is -2.31. The number of hydrogen-bond acceptors (Lipinski definition) is 2. The van der Waals surface area contributed by atoms with E-state index >= 15 is 0 Å². The quantitative estimate of drug-likeness (QED) is 0.679. The molecule has 0 N–H and O–H groups in total. The number of benzene rings is 1. The molecule has 1 heterocycles. The normalized spacial score (nSPS) is 29.6. The molecule has 3 fully saturated rings. The Hall–Kier alpha value is -1.23. The summed E-state index contributed by atoms with van der Waals surface area (Å²) in [7, 11) is 0. The number of likely N-dealkylation sites (tertiary alicyclic amines) is 1. The van der Waals surface area contributed by atoms with Gasteiger partial charge in [-0.3, -0.25) is 0 Å². The van der Waals surface area contributed by atoms with Gasteiger partial charge in [0.05, 0.1) is 0 Å². The molecule has 1 aromatic carbocycles. The van der Waals surface area contributed by atoms with Crippen LogP contribution in [0.15, 0.2) is 24.3 Å². The largest absolute Gasteiger partial charge is 0.573 e. The maximum absolute atomic E-state index is 12.3. The van der Waals surface area contributed by atoms with Gasteiger partial charge in [-0.25, -0.2) is 0 Å². The first-order chi connectivity index (χ1) is 12.5. The van der Waals surface area contributed by atoms with Crippen molar-refractivity contribution in [2.45, 2.75) is 44.9 Å². The van der Waals surface area contributed by atoms with Gasteiger partial charge in [0, 0.05) is 19.6 Å². The van der Waals surface area contributed by atoms with E-state index in [1.807, 2.05) is 6.07 Å². The zero-order valence-electron chi connectivity index (χ0n) is 15.0. The molecule has 2 aliphatic carbocycles. The van der Waals surface area contributed by atoms with Crippen molar-refractivity contribution in [3.63, 3.8) is 0 Å². The summed E-state index contributed by atoms with van der Waals surface area (Å²) in [5.74, 6) is 3.07. The zero-order chi connectivity index (χ0) is 18.1. The summed E-state index contributed by atoms with van der Waals surface area (Å²) < 4.78 is 41.0. The zero-order valence-corrected chi connectivity index (χ0v) is 15.0. The van der Waals surface area contributed by atoms with Gasteiger partial charge in [-0.15, -0.1) is 13.2 Å². The Bertz CT molecular complexity index is 600. The summed E-state index contributed by atoms with van der Waals surface area (Å²) in [6.07, 6.45) is 5.42. The van der Waals surface area contributed by atoms with Crippen molar-refractivity contribution >= 4 is 0 Å². The molecular weight excluding hydrogens is 339 g/mol. The molecule has 1 saturated heterocycles. The highest BCUT2D eigenvalue weighted by Gasteiger charge is 2.54. The molecule has 26 heavy (non-hydrogen) atoms. The van der Waals surface area contributed by atoms with E-state index in [1.165, 1.54) is 63.9 Å². The molecular formula is C21H27F3NO. The molecule has 143 valence electrons. The molecule has 4 rings (SSSR count). The third-order valence-electron chi connectivity index (χ3n) is 6.41. The van der Waals surface area contributed by atoms with Gasteiger partial charge in [0.25, 0.3) is 0 Å². The lowest BCUT2D eigenvalue weighted by molar-refractivity contribution is -0.274. The number of fused-ring (bicyclic) bond motifs is 1. The fourth-order valence-electron chi connectivity index (χ4n) is 5.08. The van der Waals surface area contributed by atoms with E-state index in [1.54, 1.807) is 6.07 Å². The standard InChI is InChI=1S/C21H27F3NO/c22-21(23,24)26-17-8-4-7-15(11-17)9-10-18-19-13-25(14-20(18)19)12-16-5-2-1-3-6-16/h4,7-9,11,16,18-20H,1-3,5-6,10,12-14H2. The Morgan fingerprint density at radius 1 is 1.08 bits per heavy atom. The highest BCUT2D eigenvalue weighted by molar-refractivity contribution is 5.33. The fraction of sp³-hybridized carbons (Fsp3) is 0.667. The molecule has 0 bridgehead atoms. The van der Waals surface area contributed by atoms with Crippen molar-refractivity contribution in [2.24, 2.45) is 23.7 Å². The summed E-state index contributed by atoms with van der Waals surface area (Å²) in [5.41, 5.74) is 0.816. The molecule has 2 saturated carbocycles. The van der Waals surface area contributed by atoms with Gasteiger partial charge in [-0.05, 0) is 67.1 Å². The van der Waals surface area contributed by atoms with E-state index in [2.05, 4.69) is 16.1 Å². The van der Waals surface area contributed by atoms with Crippen LogP contribution in [0.5, 0.6) is 5.75 Å². The molecule has 2 nitrogen and oxygen atoms in total. The van der Waals surface area contributed by atoms with Crippen LogP contribution in [-0.2, 0) is 0 Å². The average molecular weight is 366 g/mol. The van der Waals surface area contributed by atoms with E-state index in [4.69, 9.17) is 0 Å². The van der Waals surface area contributed by atoms with Crippen LogP contribution < -0.4 is 4.74 Å². The lowest BCUT2D eigenvalue weighted by Gasteiger charge is -2.28. The van der Waals surface area contributed by atoms with E-state index in [-0.39, 0.29) is 5.75 Å². The molecule has 0 amide bonds. The predicted octanol–water partition coefficient (Wildman–Crippen LogP) is 5.29. The van der Waals surface area contributed by atoms with Crippen LogP contribution in [-0.4, -0.2) is 30.9 Å². The second kappa shape index (κ2) is 7.41. The van der Waals surface area contributed by atoms with Crippen molar-refractivity contribution in [2.75, 3.05) is 19.6 Å². The number of piperidine rings is 1. The number of rotatable bonds is 6. The van der Waals surface area contributed by atoms with Gasteiger partial charge in [0.15, 0.2) is 0 Å². The first-order valence-electron chi connectivity index (χ1n) is 9.89. The van der Waals surface area contributed by atoms with Crippen LogP contribution in [0.3, 0.4) is 0 Å². The van der Waals surface area contributed by atoms with Crippen LogP contribution in [0.4, 0.5) is 13.2 Å². The number of halogens is 3. The van der Waals surface area contributed by atoms with Gasteiger partial charge >= 0.3 is 6.36 Å². The van der Waals surface area contributed by atoms with Crippen LogP contribution in [0, 0.1) is 30.1 Å². The van der Waals surface area contributed by atoms with E-state index in [9.17, 15) is 13.2 Å². The van der Waals surface area contributed by atoms with E-state index < -0.39 is 6.36 Å². The maximum Gasteiger partial charge on any atom is 0.573 e. The van der Waals surface area contributed by atoms with Crippen LogP contribution in [0.1, 0.15) is 44.1 Å². The Morgan fingerprint density at radius 3 is 2.50 bits per heavy atom. The minimum atomic E-state index is -4.63. The minimum Gasteiger partial charge on any atom is -0.406 e. The van der Waals surface area contributed by atoms with Gasteiger partial charge in [-0.1, -0.05) is 31.4 Å². The average Bonchev–Trinajstić information content (AvgIpc) is 3.04. The molecule has 0 spiro atoms. The smallest absolute Gasteiger partial charge is 0.406 e. The van der Waals surface area contributed by atoms with E-state index in [0.29, 0.717) is 5.92 Å². The first kappa shape index (κ1) is 18.1. The molecule has 3 aliphatic rings. The molecule has 1 aliphatic heterocycles. The fourth-order valence-corrected chi connectivity index (χ4v) is 5.08. The molecule has 1 radical (unpaired) electrons. The van der Waals surface area contributed by atoms with Crippen molar-refractivity contribution < 1.29 is 17.9 Å². The Morgan fingerprint density at radius 2 is 1.81 bits per heavy atom. The molecule has 5 heteroatoms. The van der Waals surface area contributed by atoms with E-state index in [0.717, 1.165) is 29.7 Å². The number of hydrogen-bond donors (Lipinski definition) is 0. The van der Waals surface area contributed by atoms with Crippen LogP contribution >= 0.6 is 0 Å². The molecule has 2 atom stereocenters. The Balaban J connectivity index is 1.20. The summed E-state index contributed by atoms with van der Waals surface area (Å²) in [5, 5.41) is 0. The van der Waals surface area contributed by atoms with Crippen LogP contribution in [0.2, 0.25) is 0 Å².